The zero-order chi connectivity index (χ0) is 21.9. The minimum Gasteiger partial charge on any atom is -0.497 e. The van der Waals surface area contributed by atoms with E-state index in [1.54, 1.807) is 49.4 Å². The summed E-state index contributed by atoms with van der Waals surface area (Å²) in [6.07, 6.45) is 0. The summed E-state index contributed by atoms with van der Waals surface area (Å²) in [5.74, 6) is 0.131. The van der Waals surface area contributed by atoms with Gasteiger partial charge in [-0.25, -0.2) is 8.42 Å². The third-order valence-corrected chi connectivity index (χ3v) is 6.32. The molecule has 2 N–H and O–H groups in total. The molecule has 0 fully saturated rings. The number of nitrogens with one attached hydrogen (secondary N) is 2. The van der Waals surface area contributed by atoms with E-state index in [0.717, 1.165) is 0 Å². The minimum absolute atomic E-state index is 0.0401. The van der Waals surface area contributed by atoms with Crippen LogP contribution in [0.2, 0.25) is 10.0 Å². The Labute approximate surface area is 184 Å². The number of carbonyl (C=O) groups excluding carboxylic acids is 1. The van der Waals surface area contributed by atoms with E-state index in [2.05, 4.69) is 10.0 Å². The molecule has 0 aliphatic rings. The van der Waals surface area contributed by atoms with Crippen LogP contribution < -0.4 is 14.8 Å². The van der Waals surface area contributed by atoms with Crippen LogP contribution in [0.25, 0.3) is 0 Å². The lowest BCUT2D eigenvalue weighted by molar-refractivity contribution is 0.102. The molecule has 0 radical (unpaired) electrons. The molecule has 3 rings (SSSR count). The third-order valence-electron chi connectivity index (χ3n) is 4.25. The fourth-order valence-corrected chi connectivity index (χ4v) is 4.53. The summed E-state index contributed by atoms with van der Waals surface area (Å²) in [5, 5.41) is 3.26. The van der Waals surface area contributed by atoms with Gasteiger partial charge in [0.15, 0.2) is 0 Å². The van der Waals surface area contributed by atoms with Crippen LogP contribution in [0.3, 0.4) is 0 Å². The fourth-order valence-electron chi connectivity index (χ4n) is 2.71. The molecule has 0 heterocycles. The second-order valence-corrected chi connectivity index (χ2v) is 8.89. The summed E-state index contributed by atoms with van der Waals surface area (Å²) in [5.41, 5.74) is 1.45. The molecule has 0 atom stereocenters. The summed E-state index contributed by atoms with van der Waals surface area (Å²) in [6.45, 7) is 1.67. The number of sulfonamides is 1. The fraction of sp³-hybridized carbons (Fsp3) is 0.0952. The van der Waals surface area contributed by atoms with Crippen LogP contribution in [0.15, 0.2) is 65.6 Å². The minimum atomic E-state index is -3.89. The normalized spacial score (nSPS) is 11.1. The Bertz CT molecular complexity index is 1200. The topological polar surface area (TPSA) is 84.5 Å². The van der Waals surface area contributed by atoms with Crippen LogP contribution in [-0.4, -0.2) is 21.4 Å². The van der Waals surface area contributed by atoms with Gasteiger partial charge in [-0.1, -0.05) is 29.3 Å². The molecule has 0 saturated carbocycles. The van der Waals surface area contributed by atoms with Crippen LogP contribution in [0, 0.1) is 6.92 Å². The van der Waals surface area contributed by atoms with E-state index in [-0.39, 0.29) is 15.5 Å². The van der Waals surface area contributed by atoms with E-state index >= 15 is 0 Å². The van der Waals surface area contributed by atoms with Gasteiger partial charge < -0.3 is 10.1 Å². The zero-order valence-electron chi connectivity index (χ0n) is 16.1. The van der Waals surface area contributed by atoms with E-state index in [9.17, 15) is 13.2 Å². The van der Waals surface area contributed by atoms with Gasteiger partial charge in [0, 0.05) is 16.4 Å². The second kappa shape index (κ2) is 8.95. The Morgan fingerprint density at radius 1 is 0.933 bits per heavy atom. The van der Waals surface area contributed by atoms with Crippen LogP contribution in [0.4, 0.5) is 11.4 Å². The molecule has 6 nitrogen and oxygen atoms in total. The van der Waals surface area contributed by atoms with Crippen molar-refractivity contribution in [1.82, 2.24) is 0 Å². The molecule has 0 unspecified atom stereocenters. The maximum absolute atomic E-state index is 12.9. The number of rotatable bonds is 6. The highest BCUT2D eigenvalue weighted by atomic mass is 35.5. The Kier molecular flexibility index (Phi) is 6.55. The quantitative estimate of drug-likeness (QED) is 0.513. The van der Waals surface area contributed by atoms with Crippen LogP contribution >= 0.6 is 23.2 Å². The number of benzene rings is 3. The van der Waals surface area contributed by atoms with Crippen molar-refractivity contribution < 1.29 is 17.9 Å². The number of aryl methyl sites for hydroxylation is 1. The highest BCUT2D eigenvalue weighted by molar-refractivity contribution is 7.92. The molecule has 1 amide bonds. The van der Waals surface area contributed by atoms with Crippen LogP contribution in [0.5, 0.6) is 5.75 Å². The average molecular weight is 465 g/mol. The monoisotopic (exact) mass is 464 g/mol. The molecule has 0 aromatic heterocycles. The Balaban J connectivity index is 1.85. The molecule has 156 valence electrons. The zero-order valence-corrected chi connectivity index (χ0v) is 18.4. The van der Waals surface area contributed by atoms with Crippen molar-refractivity contribution in [3.05, 3.63) is 81.8 Å². The van der Waals surface area contributed by atoms with Gasteiger partial charge in [-0.15, -0.1) is 0 Å². The van der Waals surface area contributed by atoms with Crippen molar-refractivity contribution in [1.29, 1.82) is 0 Å². The molecule has 0 aliphatic carbocycles. The van der Waals surface area contributed by atoms with Crippen molar-refractivity contribution in [2.24, 2.45) is 0 Å². The smallest absolute Gasteiger partial charge is 0.262 e. The van der Waals surface area contributed by atoms with E-state index in [0.29, 0.717) is 27.7 Å². The van der Waals surface area contributed by atoms with Crippen LogP contribution in [-0.2, 0) is 10.0 Å². The Hall–Kier alpha value is -2.74. The number of anilines is 2. The van der Waals surface area contributed by atoms with Crippen molar-refractivity contribution >= 4 is 50.5 Å². The van der Waals surface area contributed by atoms with Gasteiger partial charge in [-0.05, 0) is 67.1 Å². The first-order chi connectivity index (χ1) is 14.2. The van der Waals surface area contributed by atoms with E-state index in [1.165, 1.54) is 25.3 Å². The number of hydrogen-bond donors (Lipinski definition) is 2. The molecule has 30 heavy (non-hydrogen) atoms. The summed E-state index contributed by atoms with van der Waals surface area (Å²) in [7, 11) is -2.36. The second-order valence-electron chi connectivity index (χ2n) is 6.39. The molecular formula is C21H18Cl2N2O4S. The Morgan fingerprint density at radius 2 is 1.60 bits per heavy atom. The van der Waals surface area contributed by atoms with E-state index in [4.69, 9.17) is 27.9 Å². The van der Waals surface area contributed by atoms with E-state index in [1.807, 2.05) is 0 Å². The van der Waals surface area contributed by atoms with Gasteiger partial charge in [0.25, 0.3) is 15.9 Å². The first-order valence-electron chi connectivity index (χ1n) is 8.73. The SMILES string of the molecule is COc1ccc(NS(=O)(=O)c2cc(NC(=O)c3ccc(Cl)cc3Cl)ccc2C)cc1. The average Bonchev–Trinajstić information content (AvgIpc) is 2.69. The first kappa shape index (κ1) is 22.0. The lowest BCUT2D eigenvalue weighted by Crippen LogP contribution is -2.16. The van der Waals surface area contributed by atoms with Gasteiger partial charge in [0.05, 0.1) is 22.6 Å². The van der Waals surface area contributed by atoms with Crippen LogP contribution in [0.1, 0.15) is 15.9 Å². The number of hydrogen-bond acceptors (Lipinski definition) is 4. The lowest BCUT2D eigenvalue weighted by Gasteiger charge is -2.13. The van der Waals surface area contributed by atoms with Gasteiger partial charge in [0.1, 0.15) is 5.75 Å². The predicted octanol–water partition coefficient (Wildman–Crippen LogP) is 5.36. The largest absolute Gasteiger partial charge is 0.497 e. The number of amides is 1. The van der Waals surface area contributed by atoms with Crippen molar-refractivity contribution in [3.8, 4) is 5.75 Å². The summed E-state index contributed by atoms with van der Waals surface area (Å²) in [6, 6.07) is 15.6. The highest BCUT2D eigenvalue weighted by Gasteiger charge is 2.19. The highest BCUT2D eigenvalue weighted by Crippen LogP contribution is 2.26. The van der Waals surface area contributed by atoms with Gasteiger partial charge in [0.2, 0.25) is 0 Å². The molecule has 0 saturated heterocycles. The number of carbonyl (C=O) groups is 1. The summed E-state index contributed by atoms with van der Waals surface area (Å²) >= 11 is 11.9. The maximum Gasteiger partial charge on any atom is 0.262 e. The number of halogens is 2. The summed E-state index contributed by atoms with van der Waals surface area (Å²) < 4.78 is 33.4. The van der Waals surface area contributed by atoms with Crippen molar-refractivity contribution in [2.45, 2.75) is 11.8 Å². The number of ether oxygens (including phenoxy) is 1. The predicted molar refractivity (Wildman–Crippen MR) is 119 cm³/mol. The molecule has 0 bridgehead atoms. The third kappa shape index (κ3) is 5.05. The molecule has 0 spiro atoms. The molecule has 0 aliphatic heterocycles. The van der Waals surface area contributed by atoms with Crippen molar-refractivity contribution in [2.75, 3.05) is 17.1 Å². The molecule has 3 aromatic rings. The summed E-state index contributed by atoms with van der Waals surface area (Å²) in [4.78, 5) is 12.6. The standard InChI is InChI=1S/C21H18Cl2N2O4S/c1-13-3-5-16(24-21(26)18-10-4-14(22)11-19(18)23)12-20(13)30(27,28)25-15-6-8-17(29-2)9-7-15/h3-12,25H,1-2H3,(H,24,26). The first-order valence-corrected chi connectivity index (χ1v) is 11.0. The van der Waals surface area contributed by atoms with Gasteiger partial charge in [-0.2, -0.15) is 0 Å². The Morgan fingerprint density at radius 3 is 2.23 bits per heavy atom. The van der Waals surface area contributed by atoms with E-state index < -0.39 is 15.9 Å². The van der Waals surface area contributed by atoms with Gasteiger partial charge in [-0.3, -0.25) is 9.52 Å². The lowest BCUT2D eigenvalue weighted by atomic mass is 10.2. The van der Waals surface area contributed by atoms with Gasteiger partial charge >= 0.3 is 0 Å². The molecule has 9 heteroatoms. The number of methoxy groups -OCH3 is 1. The van der Waals surface area contributed by atoms with Crippen molar-refractivity contribution in [3.63, 3.8) is 0 Å². The maximum atomic E-state index is 12.9. The molecule has 3 aromatic carbocycles. The molecular weight excluding hydrogens is 447 g/mol.